The Morgan fingerprint density at radius 1 is 1.06 bits per heavy atom. The van der Waals surface area contributed by atoms with Crippen molar-refractivity contribution >= 4 is 21.6 Å². The highest BCUT2D eigenvalue weighted by atomic mass is 79.9. The first-order valence-corrected chi connectivity index (χ1v) is 11.1. The molecule has 0 saturated heterocycles. The van der Waals surface area contributed by atoms with Crippen LogP contribution in [0.1, 0.15) is 42.3 Å². The normalized spacial score (nSPS) is 19.2. The number of ether oxygens (including phenoxy) is 3. The Labute approximate surface area is 190 Å². The maximum atomic E-state index is 6.45. The summed E-state index contributed by atoms with van der Waals surface area (Å²) >= 11 is 3.51. The third kappa shape index (κ3) is 3.65. The van der Waals surface area contributed by atoms with Gasteiger partial charge in [0.05, 0.1) is 25.5 Å². The second kappa shape index (κ2) is 8.27. The number of hydrogen-bond donors (Lipinski definition) is 0. The van der Waals surface area contributed by atoms with Gasteiger partial charge in [-0.05, 0) is 48.9 Å². The Hall–Kier alpha value is -2.99. The minimum absolute atomic E-state index is 0.117. The number of para-hydroxylation sites is 1. The largest absolute Gasteiger partial charge is 0.493 e. The molecule has 2 aliphatic rings. The van der Waals surface area contributed by atoms with Crippen molar-refractivity contribution in [1.29, 1.82) is 0 Å². The molecule has 0 bridgehead atoms. The summed E-state index contributed by atoms with van der Waals surface area (Å²) in [5.41, 5.74) is 4.31. The van der Waals surface area contributed by atoms with Gasteiger partial charge in [-0.3, -0.25) is 0 Å². The van der Waals surface area contributed by atoms with E-state index >= 15 is 0 Å². The summed E-state index contributed by atoms with van der Waals surface area (Å²) < 4.78 is 18.8. The van der Waals surface area contributed by atoms with E-state index in [0.29, 0.717) is 12.4 Å². The third-order valence-corrected chi connectivity index (χ3v) is 6.18. The zero-order chi connectivity index (χ0) is 21.4. The zero-order valence-corrected chi connectivity index (χ0v) is 19.0. The number of hydrogen-bond acceptors (Lipinski definition) is 5. The van der Waals surface area contributed by atoms with Gasteiger partial charge >= 0.3 is 0 Å². The molecule has 0 saturated carbocycles. The lowest BCUT2D eigenvalue weighted by atomic mass is 9.96. The van der Waals surface area contributed by atoms with Gasteiger partial charge in [-0.1, -0.05) is 46.3 Å². The molecule has 0 N–H and O–H groups in total. The average Bonchev–Trinajstić information content (AvgIpc) is 3.25. The second-order valence-corrected chi connectivity index (χ2v) is 8.42. The van der Waals surface area contributed by atoms with Crippen LogP contribution in [0.3, 0.4) is 0 Å². The van der Waals surface area contributed by atoms with Gasteiger partial charge in [-0.25, -0.2) is 5.01 Å². The molecule has 0 amide bonds. The van der Waals surface area contributed by atoms with Gasteiger partial charge in [0.25, 0.3) is 0 Å². The van der Waals surface area contributed by atoms with Gasteiger partial charge in [0.2, 0.25) is 6.23 Å². The highest BCUT2D eigenvalue weighted by molar-refractivity contribution is 9.10. The van der Waals surface area contributed by atoms with E-state index in [0.717, 1.165) is 44.8 Å². The molecule has 6 heteroatoms. The van der Waals surface area contributed by atoms with E-state index in [1.807, 2.05) is 37.3 Å². The molecule has 0 unspecified atom stereocenters. The number of hydrazone groups is 1. The number of halogens is 1. The average molecular weight is 479 g/mol. The van der Waals surface area contributed by atoms with E-state index < -0.39 is 0 Å². The van der Waals surface area contributed by atoms with Crippen LogP contribution < -0.4 is 14.2 Å². The Kier molecular flexibility index (Phi) is 5.32. The molecule has 3 aromatic rings. The SMILES string of the molecule is CCOc1ccc([C@H]2Oc3ccccc3[C@@H]3CC(c4ccc(Br)cc4)=NN23)cc1OC. The van der Waals surface area contributed by atoms with E-state index in [2.05, 4.69) is 57.3 Å². The molecule has 3 aromatic carbocycles. The fraction of sp³-hybridized carbons (Fsp3) is 0.240. The Morgan fingerprint density at radius 3 is 2.65 bits per heavy atom. The molecule has 0 aromatic heterocycles. The highest BCUT2D eigenvalue weighted by Gasteiger charge is 2.41. The summed E-state index contributed by atoms with van der Waals surface area (Å²) in [6, 6.07) is 22.6. The molecular weight excluding hydrogens is 456 g/mol. The molecule has 2 atom stereocenters. The Morgan fingerprint density at radius 2 is 1.87 bits per heavy atom. The van der Waals surface area contributed by atoms with E-state index in [1.54, 1.807) is 7.11 Å². The van der Waals surface area contributed by atoms with Crippen molar-refractivity contribution in [2.75, 3.05) is 13.7 Å². The van der Waals surface area contributed by atoms with Crippen LogP contribution in [0.25, 0.3) is 0 Å². The summed E-state index contributed by atoms with van der Waals surface area (Å²) in [5.74, 6) is 2.31. The number of methoxy groups -OCH3 is 1. The van der Waals surface area contributed by atoms with Crippen LogP contribution >= 0.6 is 15.9 Å². The zero-order valence-electron chi connectivity index (χ0n) is 17.4. The van der Waals surface area contributed by atoms with Crippen molar-refractivity contribution in [3.05, 3.63) is 87.9 Å². The van der Waals surface area contributed by atoms with Crippen molar-refractivity contribution < 1.29 is 14.2 Å². The highest BCUT2D eigenvalue weighted by Crippen LogP contribution is 2.48. The van der Waals surface area contributed by atoms with Crippen LogP contribution in [-0.4, -0.2) is 24.4 Å². The molecule has 5 nitrogen and oxygen atoms in total. The lowest BCUT2D eigenvalue weighted by Gasteiger charge is -2.38. The lowest BCUT2D eigenvalue weighted by Crippen LogP contribution is -2.33. The summed E-state index contributed by atoms with van der Waals surface area (Å²) in [6.45, 7) is 2.54. The summed E-state index contributed by atoms with van der Waals surface area (Å²) in [4.78, 5) is 0. The lowest BCUT2D eigenvalue weighted by molar-refractivity contribution is -0.0191. The third-order valence-electron chi connectivity index (χ3n) is 5.65. The minimum Gasteiger partial charge on any atom is -0.493 e. The van der Waals surface area contributed by atoms with Crippen LogP contribution in [0.15, 0.2) is 76.3 Å². The van der Waals surface area contributed by atoms with Crippen LogP contribution in [0.4, 0.5) is 0 Å². The van der Waals surface area contributed by atoms with Crippen LogP contribution in [0, 0.1) is 0 Å². The first-order valence-electron chi connectivity index (χ1n) is 10.4. The molecule has 5 rings (SSSR count). The monoisotopic (exact) mass is 478 g/mol. The van der Waals surface area contributed by atoms with Gasteiger partial charge in [0.15, 0.2) is 11.5 Å². The van der Waals surface area contributed by atoms with Crippen molar-refractivity contribution in [2.24, 2.45) is 5.10 Å². The number of rotatable bonds is 5. The quantitative estimate of drug-likeness (QED) is 0.444. The topological polar surface area (TPSA) is 43.3 Å². The molecular formula is C25H23BrN2O3. The van der Waals surface area contributed by atoms with Crippen molar-refractivity contribution in [3.63, 3.8) is 0 Å². The fourth-order valence-electron chi connectivity index (χ4n) is 4.18. The van der Waals surface area contributed by atoms with Gasteiger partial charge in [-0.2, -0.15) is 5.10 Å². The standard InChI is InChI=1S/C25H23BrN2O3/c1-3-30-23-13-10-17(14-24(23)29-2)25-28-21(19-6-4-5-7-22(19)31-25)15-20(27-28)16-8-11-18(26)12-9-16/h4-14,21,25H,3,15H2,1-2H3/t21-,25+/m0/s1. The summed E-state index contributed by atoms with van der Waals surface area (Å²) in [6.07, 6.45) is 0.476. The van der Waals surface area contributed by atoms with Gasteiger partial charge in [0, 0.05) is 22.0 Å². The molecule has 31 heavy (non-hydrogen) atoms. The van der Waals surface area contributed by atoms with Crippen LogP contribution in [-0.2, 0) is 0 Å². The first-order chi connectivity index (χ1) is 15.2. The smallest absolute Gasteiger partial charge is 0.214 e. The minimum atomic E-state index is -0.350. The molecule has 158 valence electrons. The van der Waals surface area contributed by atoms with Crippen LogP contribution in [0.2, 0.25) is 0 Å². The molecule has 0 fully saturated rings. The van der Waals surface area contributed by atoms with Gasteiger partial charge in [0.1, 0.15) is 5.75 Å². The first kappa shape index (κ1) is 19.9. The van der Waals surface area contributed by atoms with E-state index in [1.165, 1.54) is 0 Å². The predicted molar refractivity (Wildman–Crippen MR) is 124 cm³/mol. The van der Waals surface area contributed by atoms with Crippen molar-refractivity contribution in [3.8, 4) is 17.2 Å². The summed E-state index contributed by atoms with van der Waals surface area (Å²) in [5, 5.41) is 7.10. The van der Waals surface area contributed by atoms with Crippen molar-refractivity contribution in [1.82, 2.24) is 5.01 Å². The van der Waals surface area contributed by atoms with Gasteiger partial charge in [-0.15, -0.1) is 0 Å². The number of fused-ring (bicyclic) bond motifs is 3. The van der Waals surface area contributed by atoms with E-state index in [9.17, 15) is 0 Å². The van der Waals surface area contributed by atoms with E-state index in [-0.39, 0.29) is 12.3 Å². The van der Waals surface area contributed by atoms with Crippen molar-refractivity contribution in [2.45, 2.75) is 25.6 Å². The maximum absolute atomic E-state index is 6.45. The predicted octanol–water partition coefficient (Wildman–Crippen LogP) is 6.10. The van der Waals surface area contributed by atoms with Crippen LogP contribution in [0.5, 0.6) is 17.2 Å². The Bertz CT molecular complexity index is 1130. The fourth-order valence-corrected chi connectivity index (χ4v) is 4.45. The van der Waals surface area contributed by atoms with E-state index in [4.69, 9.17) is 19.3 Å². The molecule has 2 heterocycles. The molecule has 0 radical (unpaired) electrons. The molecule has 0 spiro atoms. The molecule has 2 aliphatic heterocycles. The maximum Gasteiger partial charge on any atom is 0.214 e. The number of nitrogens with zero attached hydrogens (tertiary/aromatic N) is 2. The summed E-state index contributed by atoms with van der Waals surface area (Å²) in [7, 11) is 1.65. The molecule has 0 aliphatic carbocycles. The Balaban J connectivity index is 1.56. The number of benzene rings is 3. The van der Waals surface area contributed by atoms with Gasteiger partial charge < -0.3 is 14.2 Å². The second-order valence-electron chi connectivity index (χ2n) is 7.50.